The molecule has 0 saturated carbocycles. The van der Waals surface area contributed by atoms with Crippen LogP contribution in [0.15, 0.2) is 108 Å². The van der Waals surface area contributed by atoms with Gasteiger partial charge in [-0.05, 0) is 84.0 Å². The number of cyclic esters (lactones) is 1. The van der Waals surface area contributed by atoms with E-state index in [1.807, 2.05) is 61.5 Å². The number of anilines is 1. The van der Waals surface area contributed by atoms with Crippen molar-refractivity contribution in [1.29, 1.82) is 0 Å². The number of nitrogens with zero attached hydrogens (tertiary/aromatic N) is 1. The summed E-state index contributed by atoms with van der Waals surface area (Å²) in [5, 5.41) is 3.44. The minimum atomic E-state index is -0.776. The summed E-state index contributed by atoms with van der Waals surface area (Å²) in [5.74, 6) is -1.95. The first-order valence-electron chi connectivity index (χ1n) is 14.8. The van der Waals surface area contributed by atoms with Crippen LogP contribution in [0.4, 0.5) is 19.3 Å². The first kappa shape index (κ1) is 31.9. The summed E-state index contributed by atoms with van der Waals surface area (Å²) < 4.78 is 33.1. The highest BCUT2D eigenvalue weighted by atomic mass is 32.2. The number of ether oxygens (including phenoxy) is 1. The van der Waals surface area contributed by atoms with Crippen LogP contribution in [0.1, 0.15) is 61.4 Å². The van der Waals surface area contributed by atoms with Crippen LogP contribution in [-0.4, -0.2) is 28.6 Å². The lowest BCUT2D eigenvalue weighted by Crippen LogP contribution is -2.42. The molecular weight excluding hydrogens is 594 g/mol. The Morgan fingerprint density at radius 1 is 0.867 bits per heavy atom. The summed E-state index contributed by atoms with van der Waals surface area (Å²) in [6, 6.07) is 27.5. The van der Waals surface area contributed by atoms with Crippen molar-refractivity contribution in [1.82, 2.24) is 4.90 Å². The zero-order chi connectivity index (χ0) is 31.9. The topological polar surface area (TPSA) is 75.7 Å². The number of rotatable bonds is 11. The number of halogens is 2. The van der Waals surface area contributed by atoms with Crippen molar-refractivity contribution in [2.75, 3.05) is 11.9 Å². The number of amides is 2. The number of thioether (sulfide) groups is 1. The van der Waals surface area contributed by atoms with Crippen molar-refractivity contribution in [3.63, 3.8) is 0 Å². The van der Waals surface area contributed by atoms with E-state index >= 15 is 0 Å². The van der Waals surface area contributed by atoms with Gasteiger partial charge in [-0.15, -0.1) is 0 Å². The lowest BCUT2D eigenvalue weighted by atomic mass is 9.84. The fourth-order valence-electron chi connectivity index (χ4n) is 5.64. The fraction of sp³-hybridized carbons (Fsp3) is 0.250. The third-order valence-electron chi connectivity index (χ3n) is 8.03. The number of imide groups is 1. The van der Waals surface area contributed by atoms with Gasteiger partial charge in [-0.1, -0.05) is 73.3 Å². The predicted molar refractivity (Wildman–Crippen MR) is 171 cm³/mol. The summed E-state index contributed by atoms with van der Waals surface area (Å²) in [7, 11) is 0. The summed E-state index contributed by atoms with van der Waals surface area (Å²) in [6.07, 6.45) is 0.193. The van der Waals surface area contributed by atoms with E-state index in [1.54, 1.807) is 24.3 Å². The average Bonchev–Trinajstić information content (AvgIpc) is 3.43. The van der Waals surface area contributed by atoms with Crippen LogP contribution >= 0.6 is 11.8 Å². The molecule has 4 aromatic rings. The monoisotopic (exact) mass is 628 g/mol. The van der Waals surface area contributed by atoms with E-state index < -0.39 is 35.8 Å². The maximum Gasteiger partial charge on any atom is 0.417 e. The predicted octanol–water partition coefficient (Wildman–Crippen LogP) is 8.68. The zero-order valence-corrected chi connectivity index (χ0v) is 25.8. The van der Waals surface area contributed by atoms with Gasteiger partial charge < -0.3 is 10.1 Å². The van der Waals surface area contributed by atoms with Crippen LogP contribution in [0.25, 0.3) is 0 Å². The van der Waals surface area contributed by atoms with E-state index in [2.05, 4.69) is 5.32 Å². The molecule has 1 heterocycles. The van der Waals surface area contributed by atoms with Crippen LogP contribution < -0.4 is 5.32 Å². The third kappa shape index (κ3) is 7.97. The Kier molecular flexibility index (Phi) is 10.3. The third-order valence-corrected chi connectivity index (χ3v) is 8.83. The molecule has 1 saturated heterocycles. The molecule has 0 radical (unpaired) electrons. The van der Waals surface area contributed by atoms with Crippen molar-refractivity contribution in [3.8, 4) is 0 Å². The molecule has 0 bridgehead atoms. The Morgan fingerprint density at radius 2 is 1.47 bits per heavy atom. The maximum absolute atomic E-state index is 14.6. The van der Waals surface area contributed by atoms with Gasteiger partial charge in [-0.2, -0.15) is 0 Å². The minimum absolute atomic E-state index is 0.0203. The molecular formula is C36H34F2N2O4S. The second kappa shape index (κ2) is 14.5. The molecule has 0 aliphatic carbocycles. The largest absolute Gasteiger partial charge is 0.446 e. The van der Waals surface area contributed by atoms with Gasteiger partial charge in [0, 0.05) is 17.5 Å². The molecule has 0 spiro atoms. The lowest BCUT2D eigenvalue weighted by Gasteiger charge is -2.33. The Bertz CT molecular complexity index is 1620. The van der Waals surface area contributed by atoms with Gasteiger partial charge in [-0.3, -0.25) is 9.59 Å². The molecule has 6 nitrogen and oxygen atoms in total. The van der Waals surface area contributed by atoms with Crippen molar-refractivity contribution in [2.24, 2.45) is 5.92 Å². The van der Waals surface area contributed by atoms with Gasteiger partial charge in [-0.25, -0.2) is 18.5 Å². The highest BCUT2D eigenvalue weighted by molar-refractivity contribution is 8.13. The van der Waals surface area contributed by atoms with Crippen LogP contribution in [0.3, 0.4) is 0 Å². The van der Waals surface area contributed by atoms with Gasteiger partial charge in [0.15, 0.2) is 5.12 Å². The van der Waals surface area contributed by atoms with Crippen molar-refractivity contribution >= 4 is 34.6 Å². The maximum atomic E-state index is 14.6. The van der Waals surface area contributed by atoms with E-state index in [4.69, 9.17) is 4.74 Å². The summed E-state index contributed by atoms with van der Waals surface area (Å²) >= 11 is 1.12. The van der Waals surface area contributed by atoms with Gasteiger partial charge in [0.2, 0.25) is 5.91 Å². The van der Waals surface area contributed by atoms with Crippen LogP contribution in [-0.2, 0) is 14.3 Å². The zero-order valence-electron chi connectivity index (χ0n) is 25.0. The SMILES string of the molecule is CC(=O)Sc1ccc(N[C@H](c2ccc(F)cc2)[C@@H](CC[C@H](C)c2ccc(F)cc2)C(=O)N2C(=O)OC[C@@H]2c2ccccc2)cc1. The molecule has 5 rings (SSSR count). The van der Waals surface area contributed by atoms with E-state index in [0.717, 1.165) is 27.8 Å². The summed E-state index contributed by atoms with van der Waals surface area (Å²) in [5.41, 5.74) is 3.05. The highest BCUT2D eigenvalue weighted by Gasteiger charge is 2.44. The number of carbonyl (C=O) groups excluding carboxylic acids is 3. The first-order chi connectivity index (χ1) is 21.7. The van der Waals surface area contributed by atoms with Gasteiger partial charge in [0.05, 0.1) is 12.0 Å². The Balaban J connectivity index is 1.52. The molecule has 1 N–H and O–H groups in total. The molecule has 1 fully saturated rings. The fourth-order valence-corrected chi connectivity index (χ4v) is 6.24. The van der Waals surface area contributed by atoms with E-state index in [1.165, 1.54) is 36.1 Å². The lowest BCUT2D eigenvalue weighted by molar-refractivity contribution is -0.134. The van der Waals surface area contributed by atoms with E-state index in [-0.39, 0.29) is 23.5 Å². The summed E-state index contributed by atoms with van der Waals surface area (Å²) in [4.78, 5) is 41.3. The van der Waals surface area contributed by atoms with Gasteiger partial charge in [0.25, 0.3) is 0 Å². The number of benzene rings is 4. The number of carbonyl (C=O) groups is 3. The smallest absolute Gasteiger partial charge is 0.417 e. The van der Waals surface area contributed by atoms with E-state index in [9.17, 15) is 23.2 Å². The Hall–Kier alpha value is -4.50. The highest BCUT2D eigenvalue weighted by Crippen LogP contribution is 2.38. The molecule has 2 amide bonds. The first-order valence-corrected chi connectivity index (χ1v) is 15.6. The number of hydrogen-bond donors (Lipinski definition) is 1. The quantitative estimate of drug-likeness (QED) is 0.168. The number of hydrogen-bond acceptors (Lipinski definition) is 6. The molecule has 0 aromatic heterocycles. The van der Waals surface area contributed by atoms with Crippen molar-refractivity contribution in [2.45, 2.75) is 49.6 Å². The summed E-state index contributed by atoms with van der Waals surface area (Å²) in [6.45, 7) is 3.55. The number of nitrogens with one attached hydrogen (secondary N) is 1. The second-order valence-electron chi connectivity index (χ2n) is 11.1. The normalized spacial score (nSPS) is 16.5. The Morgan fingerprint density at radius 3 is 2.07 bits per heavy atom. The van der Waals surface area contributed by atoms with Crippen molar-refractivity contribution < 1.29 is 27.9 Å². The average molecular weight is 629 g/mol. The molecule has 9 heteroatoms. The van der Waals surface area contributed by atoms with E-state index in [0.29, 0.717) is 24.1 Å². The molecule has 4 aromatic carbocycles. The molecule has 1 aliphatic rings. The molecule has 0 unspecified atom stereocenters. The Labute approximate surface area is 265 Å². The van der Waals surface area contributed by atoms with Gasteiger partial charge >= 0.3 is 6.09 Å². The van der Waals surface area contributed by atoms with Crippen molar-refractivity contribution in [3.05, 3.63) is 131 Å². The standard InChI is InChI=1S/C36H34F2N2O4S/c1-23(25-9-13-28(37)14-10-25)8-21-32(35(42)40-33(22-44-36(40)43)26-6-4-3-5-7-26)34(27-11-15-29(38)16-12-27)39-30-17-19-31(20-18-30)45-24(2)41/h3-7,9-20,23,32-34,39H,8,21-22H2,1-2H3/t23-,32+,33+,34+/m0/s1. The van der Waals surface area contributed by atoms with Crippen LogP contribution in [0.5, 0.6) is 0 Å². The van der Waals surface area contributed by atoms with Crippen LogP contribution in [0, 0.1) is 17.6 Å². The molecule has 1 aliphatic heterocycles. The molecule has 232 valence electrons. The second-order valence-corrected chi connectivity index (χ2v) is 12.4. The van der Waals surface area contributed by atoms with Gasteiger partial charge in [0.1, 0.15) is 24.3 Å². The van der Waals surface area contributed by atoms with Crippen LogP contribution in [0.2, 0.25) is 0 Å². The molecule has 4 atom stereocenters. The molecule has 45 heavy (non-hydrogen) atoms. The minimum Gasteiger partial charge on any atom is -0.446 e.